The van der Waals surface area contributed by atoms with Crippen molar-refractivity contribution in [1.82, 2.24) is 9.97 Å². The molecule has 0 aliphatic heterocycles. The van der Waals surface area contributed by atoms with Gasteiger partial charge in [-0.15, -0.1) is 0 Å². The fourth-order valence-corrected chi connectivity index (χ4v) is 1.63. The van der Waals surface area contributed by atoms with Gasteiger partial charge in [0.15, 0.2) is 11.5 Å². The first-order chi connectivity index (χ1) is 9.43. The SMILES string of the molecule is COC(=O)c1nc(-c2cc(F)c(Cl)cc2F)ncc1N. The van der Waals surface area contributed by atoms with Crippen LogP contribution in [0.5, 0.6) is 0 Å². The van der Waals surface area contributed by atoms with Crippen molar-refractivity contribution in [1.29, 1.82) is 0 Å². The maximum Gasteiger partial charge on any atom is 0.358 e. The molecule has 20 heavy (non-hydrogen) atoms. The Kier molecular flexibility index (Phi) is 3.80. The van der Waals surface area contributed by atoms with Gasteiger partial charge in [-0.1, -0.05) is 11.6 Å². The van der Waals surface area contributed by atoms with E-state index in [0.29, 0.717) is 0 Å². The van der Waals surface area contributed by atoms with Gasteiger partial charge in [-0.25, -0.2) is 23.5 Å². The lowest BCUT2D eigenvalue weighted by atomic mass is 10.2. The zero-order valence-electron chi connectivity index (χ0n) is 10.2. The molecule has 104 valence electrons. The van der Waals surface area contributed by atoms with Gasteiger partial charge in [-0.3, -0.25) is 0 Å². The van der Waals surface area contributed by atoms with E-state index in [9.17, 15) is 13.6 Å². The molecule has 0 aliphatic carbocycles. The van der Waals surface area contributed by atoms with Gasteiger partial charge < -0.3 is 10.5 Å². The van der Waals surface area contributed by atoms with Crippen LogP contribution >= 0.6 is 11.6 Å². The molecule has 2 rings (SSSR count). The molecule has 1 aromatic carbocycles. The highest BCUT2D eigenvalue weighted by Crippen LogP contribution is 2.26. The molecule has 0 saturated carbocycles. The molecule has 0 amide bonds. The van der Waals surface area contributed by atoms with Crippen molar-refractivity contribution in [3.63, 3.8) is 0 Å². The molecule has 0 radical (unpaired) electrons. The second-order valence-corrected chi connectivity index (χ2v) is 4.14. The molecule has 0 atom stereocenters. The first kappa shape index (κ1) is 14.1. The Balaban J connectivity index is 2.59. The second kappa shape index (κ2) is 5.38. The van der Waals surface area contributed by atoms with Crippen molar-refractivity contribution in [3.8, 4) is 11.4 Å². The van der Waals surface area contributed by atoms with E-state index in [4.69, 9.17) is 17.3 Å². The van der Waals surface area contributed by atoms with Crippen LogP contribution in [-0.4, -0.2) is 23.0 Å². The zero-order valence-corrected chi connectivity index (χ0v) is 10.9. The maximum absolute atomic E-state index is 13.8. The third-order valence-corrected chi connectivity index (χ3v) is 2.74. The van der Waals surface area contributed by atoms with Crippen LogP contribution in [0.25, 0.3) is 11.4 Å². The number of halogens is 3. The van der Waals surface area contributed by atoms with Gasteiger partial charge in [0.2, 0.25) is 0 Å². The number of rotatable bonds is 2. The van der Waals surface area contributed by atoms with Crippen molar-refractivity contribution >= 4 is 23.3 Å². The minimum absolute atomic E-state index is 0.0320. The molecule has 0 unspecified atom stereocenters. The highest BCUT2D eigenvalue weighted by atomic mass is 35.5. The molecule has 0 spiro atoms. The summed E-state index contributed by atoms with van der Waals surface area (Å²) in [5.41, 5.74) is 5.02. The number of carbonyl (C=O) groups excluding carboxylic acids is 1. The molecule has 0 saturated heterocycles. The van der Waals surface area contributed by atoms with Crippen molar-refractivity contribution in [3.05, 3.63) is 40.7 Å². The van der Waals surface area contributed by atoms with E-state index >= 15 is 0 Å². The summed E-state index contributed by atoms with van der Waals surface area (Å²) in [5.74, 6) is -2.66. The molecule has 2 aromatic rings. The first-order valence-electron chi connectivity index (χ1n) is 5.29. The molecule has 5 nitrogen and oxygen atoms in total. The summed E-state index contributed by atoms with van der Waals surface area (Å²) in [7, 11) is 1.14. The lowest BCUT2D eigenvalue weighted by Gasteiger charge is -2.07. The monoisotopic (exact) mass is 299 g/mol. The normalized spacial score (nSPS) is 10.4. The summed E-state index contributed by atoms with van der Waals surface area (Å²) in [4.78, 5) is 19.0. The number of ether oxygens (including phenoxy) is 1. The fourth-order valence-electron chi connectivity index (χ4n) is 1.48. The minimum Gasteiger partial charge on any atom is -0.464 e. The number of hydrogen-bond donors (Lipinski definition) is 1. The Hall–Kier alpha value is -2.28. The summed E-state index contributed by atoms with van der Waals surface area (Å²) in [5, 5.41) is -0.366. The Morgan fingerprint density at radius 2 is 2.05 bits per heavy atom. The number of methoxy groups -OCH3 is 1. The Labute approximate surface area is 117 Å². The van der Waals surface area contributed by atoms with Crippen LogP contribution in [-0.2, 0) is 4.74 Å². The van der Waals surface area contributed by atoms with Crippen molar-refractivity contribution in [2.24, 2.45) is 0 Å². The van der Waals surface area contributed by atoms with E-state index in [1.165, 1.54) is 0 Å². The van der Waals surface area contributed by atoms with Gasteiger partial charge in [0.05, 0.1) is 29.6 Å². The average Bonchev–Trinajstić information content (AvgIpc) is 2.43. The third-order valence-electron chi connectivity index (χ3n) is 2.45. The van der Waals surface area contributed by atoms with Crippen LogP contribution in [0.3, 0.4) is 0 Å². The lowest BCUT2D eigenvalue weighted by molar-refractivity contribution is 0.0595. The van der Waals surface area contributed by atoms with E-state index in [1.54, 1.807) is 0 Å². The smallest absolute Gasteiger partial charge is 0.358 e. The number of aromatic nitrogens is 2. The number of nitrogens with two attached hydrogens (primary N) is 1. The van der Waals surface area contributed by atoms with E-state index in [-0.39, 0.29) is 27.8 Å². The van der Waals surface area contributed by atoms with Crippen LogP contribution in [0.4, 0.5) is 14.5 Å². The summed E-state index contributed by atoms with van der Waals surface area (Å²) >= 11 is 5.45. The summed E-state index contributed by atoms with van der Waals surface area (Å²) in [6.07, 6.45) is 1.11. The molecular formula is C12H8ClF2N3O2. The Bertz CT molecular complexity index is 695. The van der Waals surface area contributed by atoms with E-state index in [0.717, 1.165) is 25.4 Å². The summed E-state index contributed by atoms with van der Waals surface area (Å²) in [6, 6.07) is 1.63. The average molecular weight is 300 g/mol. The van der Waals surface area contributed by atoms with Gasteiger partial charge in [0.1, 0.15) is 11.6 Å². The first-order valence-corrected chi connectivity index (χ1v) is 5.67. The number of anilines is 1. The largest absolute Gasteiger partial charge is 0.464 e. The maximum atomic E-state index is 13.8. The van der Waals surface area contributed by atoms with Crippen LogP contribution < -0.4 is 5.73 Å². The molecule has 1 heterocycles. The predicted molar refractivity (Wildman–Crippen MR) is 68.1 cm³/mol. The fraction of sp³-hybridized carbons (Fsp3) is 0.0833. The van der Waals surface area contributed by atoms with Gasteiger partial charge in [-0.2, -0.15) is 0 Å². The standard InChI is InChI=1S/C12H8ClF2N3O2/c1-20-12(19)10-9(16)4-17-11(18-10)5-2-8(15)6(13)3-7(5)14/h2-4H,16H2,1H3. The Morgan fingerprint density at radius 3 is 2.70 bits per heavy atom. The van der Waals surface area contributed by atoms with Gasteiger partial charge >= 0.3 is 5.97 Å². The summed E-state index contributed by atoms with van der Waals surface area (Å²) < 4.78 is 31.6. The third kappa shape index (κ3) is 2.53. The topological polar surface area (TPSA) is 78.1 Å². The van der Waals surface area contributed by atoms with Gasteiger partial charge in [0.25, 0.3) is 0 Å². The van der Waals surface area contributed by atoms with Crippen LogP contribution in [0.15, 0.2) is 18.3 Å². The molecule has 0 aliphatic rings. The number of nitrogens with zero attached hydrogens (tertiary/aromatic N) is 2. The molecule has 8 heteroatoms. The molecular weight excluding hydrogens is 292 g/mol. The predicted octanol–water partition coefficient (Wildman–Crippen LogP) is 2.44. The summed E-state index contributed by atoms with van der Waals surface area (Å²) in [6.45, 7) is 0. The van der Waals surface area contributed by atoms with Crippen LogP contribution in [0, 0.1) is 11.6 Å². The molecule has 1 aromatic heterocycles. The van der Waals surface area contributed by atoms with Crippen LogP contribution in [0.1, 0.15) is 10.5 Å². The van der Waals surface area contributed by atoms with Gasteiger partial charge in [0, 0.05) is 0 Å². The zero-order chi connectivity index (χ0) is 14.9. The number of carbonyl (C=O) groups is 1. The number of nitrogen functional groups attached to an aromatic ring is 1. The minimum atomic E-state index is -0.830. The van der Waals surface area contributed by atoms with E-state index in [2.05, 4.69) is 14.7 Å². The molecule has 0 fully saturated rings. The van der Waals surface area contributed by atoms with Crippen molar-refractivity contribution in [2.75, 3.05) is 12.8 Å². The van der Waals surface area contributed by atoms with E-state index in [1.807, 2.05) is 0 Å². The van der Waals surface area contributed by atoms with E-state index < -0.39 is 17.6 Å². The number of hydrogen-bond acceptors (Lipinski definition) is 5. The van der Waals surface area contributed by atoms with Crippen molar-refractivity contribution in [2.45, 2.75) is 0 Å². The number of benzene rings is 1. The lowest BCUT2D eigenvalue weighted by Crippen LogP contribution is -2.10. The Morgan fingerprint density at radius 1 is 1.35 bits per heavy atom. The van der Waals surface area contributed by atoms with Gasteiger partial charge in [-0.05, 0) is 12.1 Å². The highest BCUT2D eigenvalue weighted by molar-refractivity contribution is 6.30. The van der Waals surface area contributed by atoms with Crippen molar-refractivity contribution < 1.29 is 18.3 Å². The molecule has 0 bridgehead atoms. The highest BCUT2D eigenvalue weighted by Gasteiger charge is 2.18. The number of esters is 1. The van der Waals surface area contributed by atoms with Crippen LogP contribution in [0.2, 0.25) is 5.02 Å². The quantitative estimate of drug-likeness (QED) is 0.680. The molecule has 2 N–H and O–H groups in total. The second-order valence-electron chi connectivity index (χ2n) is 3.74.